The van der Waals surface area contributed by atoms with Crippen LogP contribution in [0.3, 0.4) is 0 Å². The topological polar surface area (TPSA) is 61.8 Å². The summed E-state index contributed by atoms with van der Waals surface area (Å²) in [5, 5.41) is 0. The van der Waals surface area contributed by atoms with E-state index < -0.39 is 17.9 Å². The second kappa shape index (κ2) is 13.1. The van der Waals surface area contributed by atoms with Crippen LogP contribution in [0.1, 0.15) is 39.2 Å². The van der Waals surface area contributed by atoms with Gasteiger partial charge in [0.15, 0.2) is 5.92 Å². The number of carbonyl (C=O) groups is 2. The predicted molar refractivity (Wildman–Crippen MR) is 92.3 cm³/mol. The van der Waals surface area contributed by atoms with Crippen molar-refractivity contribution in [3.8, 4) is 0 Å². The van der Waals surface area contributed by atoms with Crippen LogP contribution in [-0.2, 0) is 23.8 Å². The van der Waals surface area contributed by atoms with Crippen LogP contribution in [0, 0.1) is 0 Å². The van der Waals surface area contributed by atoms with Gasteiger partial charge in [-0.1, -0.05) is 28.1 Å². The van der Waals surface area contributed by atoms with Crippen molar-refractivity contribution < 1.29 is 23.8 Å². The first kappa shape index (κ1) is 21.6. The highest BCUT2D eigenvalue weighted by Crippen LogP contribution is 2.21. The molecule has 1 rings (SSSR count). The Morgan fingerprint density at radius 2 is 1.30 bits per heavy atom. The van der Waals surface area contributed by atoms with Crippen LogP contribution < -0.4 is 0 Å². The zero-order chi connectivity index (χ0) is 17.7. The summed E-state index contributed by atoms with van der Waals surface area (Å²) < 4.78 is 15.5. The summed E-state index contributed by atoms with van der Waals surface area (Å²) in [6.07, 6.45) is 0. The minimum atomic E-state index is -1.02. The lowest BCUT2D eigenvalue weighted by molar-refractivity contribution is -0.156. The van der Waals surface area contributed by atoms with Gasteiger partial charge >= 0.3 is 11.9 Å². The van der Waals surface area contributed by atoms with Crippen LogP contribution >= 0.6 is 15.9 Å². The van der Waals surface area contributed by atoms with E-state index in [9.17, 15) is 9.59 Å². The van der Waals surface area contributed by atoms with Crippen LogP contribution in [-0.4, -0.2) is 38.4 Å². The minimum absolute atomic E-state index is 0.227. The third-order valence-corrected chi connectivity index (χ3v) is 3.18. The summed E-state index contributed by atoms with van der Waals surface area (Å²) >= 11 is 3.30. The van der Waals surface area contributed by atoms with Crippen LogP contribution in [0.25, 0.3) is 0 Å². The van der Waals surface area contributed by atoms with Gasteiger partial charge in [0.2, 0.25) is 0 Å². The molecule has 0 saturated carbocycles. The molecule has 5 nitrogen and oxygen atoms in total. The maximum Gasteiger partial charge on any atom is 0.324 e. The van der Waals surface area contributed by atoms with Crippen molar-refractivity contribution in [2.45, 2.75) is 33.6 Å². The second-order valence-electron chi connectivity index (χ2n) is 4.27. The zero-order valence-corrected chi connectivity index (χ0v) is 15.7. The standard InChI is InChI=1S/C13H15BrO4.C4H10O/c1-3-17-12(15)11(13(16)18-4-2)9-5-7-10(14)8-6-9;1-3-5-4-2/h5-8,11H,3-4H2,1-2H3;3-4H2,1-2H3. The Bertz CT molecular complexity index is 439. The molecule has 0 unspecified atom stereocenters. The summed E-state index contributed by atoms with van der Waals surface area (Å²) in [6.45, 7) is 9.51. The van der Waals surface area contributed by atoms with Crippen LogP contribution in [0.5, 0.6) is 0 Å². The first-order valence-corrected chi connectivity index (χ1v) is 8.47. The molecule has 0 N–H and O–H groups in total. The molecule has 0 radical (unpaired) electrons. The average Bonchev–Trinajstić information content (AvgIpc) is 2.51. The summed E-state index contributed by atoms with van der Waals surface area (Å²) in [6, 6.07) is 6.92. The average molecular weight is 389 g/mol. The van der Waals surface area contributed by atoms with Gasteiger partial charge in [-0.3, -0.25) is 9.59 Å². The molecule has 0 fully saturated rings. The van der Waals surface area contributed by atoms with Gasteiger partial charge in [-0.05, 0) is 45.4 Å². The van der Waals surface area contributed by atoms with Crippen molar-refractivity contribution in [1.82, 2.24) is 0 Å². The fourth-order valence-corrected chi connectivity index (χ4v) is 1.94. The molecule has 0 bridgehead atoms. The van der Waals surface area contributed by atoms with Crippen molar-refractivity contribution in [1.29, 1.82) is 0 Å². The van der Waals surface area contributed by atoms with Gasteiger partial charge < -0.3 is 14.2 Å². The molecule has 0 aliphatic heterocycles. The zero-order valence-electron chi connectivity index (χ0n) is 14.1. The molecule has 0 spiro atoms. The number of benzene rings is 1. The number of esters is 2. The third-order valence-electron chi connectivity index (χ3n) is 2.66. The van der Waals surface area contributed by atoms with Crippen molar-refractivity contribution in [2.24, 2.45) is 0 Å². The molecule has 0 atom stereocenters. The van der Waals surface area contributed by atoms with Gasteiger partial charge in [-0.15, -0.1) is 0 Å². The fraction of sp³-hybridized carbons (Fsp3) is 0.529. The fourth-order valence-electron chi connectivity index (χ4n) is 1.68. The van der Waals surface area contributed by atoms with Gasteiger partial charge in [0.1, 0.15) is 0 Å². The number of rotatable bonds is 7. The maximum absolute atomic E-state index is 11.8. The molecule has 0 aliphatic carbocycles. The Balaban J connectivity index is 0.000000841. The SMILES string of the molecule is CCOC(=O)C(C(=O)OCC)c1ccc(Br)cc1.CCOCC. The van der Waals surface area contributed by atoms with E-state index in [1.807, 2.05) is 13.8 Å². The molecular formula is C17H25BrO5. The Morgan fingerprint density at radius 1 is 0.870 bits per heavy atom. The van der Waals surface area contributed by atoms with E-state index in [1.165, 1.54) is 0 Å². The third kappa shape index (κ3) is 8.71. The van der Waals surface area contributed by atoms with Crippen molar-refractivity contribution in [3.05, 3.63) is 34.3 Å². The van der Waals surface area contributed by atoms with E-state index in [-0.39, 0.29) is 13.2 Å². The summed E-state index contributed by atoms with van der Waals surface area (Å²) in [4.78, 5) is 23.6. The number of hydrogen-bond donors (Lipinski definition) is 0. The predicted octanol–water partition coefficient (Wildman–Crippen LogP) is 3.70. The Labute approximate surface area is 146 Å². The number of hydrogen-bond acceptors (Lipinski definition) is 5. The van der Waals surface area contributed by atoms with Crippen molar-refractivity contribution >= 4 is 27.9 Å². The molecular weight excluding hydrogens is 364 g/mol. The highest BCUT2D eigenvalue weighted by Gasteiger charge is 2.31. The van der Waals surface area contributed by atoms with E-state index in [1.54, 1.807) is 38.1 Å². The molecule has 0 aromatic heterocycles. The second-order valence-corrected chi connectivity index (χ2v) is 5.19. The molecule has 0 aliphatic rings. The van der Waals surface area contributed by atoms with E-state index >= 15 is 0 Å². The lowest BCUT2D eigenvalue weighted by atomic mass is 9.99. The first-order chi connectivity index (χ1) is 11.0. The smallest absolute Gasteiger partial charge is 0.324 e. The van der Waals surface area contributed by atoms with E-state index in [0.29, 0.717) is 5.56 Å². The van der Waals surface area contributed by atoms with Crippen molar-refractivity contribution in [3.63, 3.8) is 0 Å². The molecule has 6 heteroatoms. The molecule has 0 amide bonds. The molecule has 1 aromatic carbocycles. The first-order valence-electron chi connectivity index (χ1n) is 7.68. The molecule has 1 aromatic rings. The maximum atomic E-state index is 11.8. The number of ether oxygens (including phenoxy) is 3. The van der Waals surface area contributed by atoms with E-state index in [0.717, 1.165) is 17.7 Å². The van der Waals surface area contributed by atoms with Crippen LogP contribution in [0.2, 0.25) is 0 Å². The normalized spacial score (nSPS) is 9.83. The van der Waals surface area contributed by atoms with Gasteiger partial charge in [0.05, 0.1) is 13.2 Å². The summed E-state index contributed by atoms with van der Waals surface area (Å²) in [5.74, 6) is -2.19. The lowest BCUT2D eigenvalue weighted by Crippen LogP contribution is -2.26. The van der Waals surface area contributed by atoms with Crippen LogP contribution in [0.15, 0.2) is 28.7 Å². The van der Waals surface area contributed by atoms with E-state index in [4.69, 9.17) is 14.2 Å². The molecule has 0 saturated heterocycles. The Hall–Kier alpha value is -1.40. The summed E-state index contributed by atoms with van der Waals surface area (Å²) in [5.41, 5.74) is 0.565. The molecule has 0 heterocycles. The number of halogens is 1. The minimum Gasteiger partial charge on any atom is -0.465 e. The van der Waals surface area contributed by atoms with E-state index in [2.05, 4.69) is 15.9 Å². The monoisotopic (exact) mass is 388 g/mol. The van der Waals surface area contributed by atoms with Crippen LogP contribution in [0.4, 0.5) is 0 Å². The molecule has 130 valence electrons. The van der Waals surface area contributed by atoms with Gasteiger partial charge in [-0.2, -0.15) is 0 Å². The quantitative estimate of drug-likeness (QED) is 0.526. The van der Waals surface area contributed by atoms with Gasteiger partial charge in [0.25, 0.3) is 0 Å². The van der Waals surface area contributed by atoms with Gasteiger partial charge in [0, 0.05) is 17.7 Å². The van der Waals surface area contributed by atoms with Gasteiger partial charge in [-0.25, -0.2) is 0 Å². The Kier molecular flexibility index (Phi) is 12.3. The van der Waals surface area contributed by atoms with Crippen molar-refractivity contribution in [2.75, 3.05) is 26.4 Å². The largest absolute Gasteiger partial charge is 0.465 e. The molecule has 23 heavy (non-hydrogen) atoms. The Morgan fingerprint density at radius 3 is 1.61 bits per heavy atom. The highest BCUT2D eigenvalue weighted by molar-refractivity contribution is 9.10. The lowest BCUT2D eigenvalue weighted by Gasteiger charge is -2.14. The summed E-state index contributed by atoms with van der Waals surface area (Å²) in [7, 11) is 0. The highest BCUT2D eigenvalue weighted by atomic mass is 79.9. The number of carbonyl (C=O) groups excluding carboxylic acids is 2.